The summed E-state index contributed by atoms with van der Waals surface area (Å²) in [5.74, 6) is -3.10. The van der Waals surface area contributed by atoms with Gasteiger partial charge in [-0.25, -0.2) is 35.3 Å². The molecule has 2 amide bonds. The highest BCUT2D eigenvalue weighted by molar-refractivity contribution is 7.90. The largest absolute Gasteiger partial charge is 0.365 e. The summed E-state index contributed by atoms with van der Waals surface area (Å²) >= 11 is 0. The first-order chi connectivity index (χ1) is 21.5. The van der Waals surface area contributed by atoms with Crippen LogP contribution in [-0.4, -0.2) is 53.5 Å². The Labute approximate surface area is 258 Å². The number of anilines is 1. The lowest BCUT2D eigenvalue weighted by atomic mass is 9.91. The summed E-state index contributed by atoms with van der Waals surface area (Å²) in [4.78, 5) is 18.7. The first-order valence-electron chi connectivity index (χ1n) is 14.8. The van der Waals surface area contributed by atoms with E-state index in [1.165, 1.54) is 12.1 Å². The van der Waals surface area contributed by atoms with Crippen LogP contribution in [0.4, 0.5) is 23.8 Å². The summed E-state index contributed by atoms with van der Waals surface area (Å²) in [6.07, 6.45) is 5.78. The average Bonchev–Trinajstić information content (AvgIpc) is 3.68. The number of rotatable bonds is 6. The van der Waals surface area contributed by atoms with Gasteiger partial charge in [-0.15, -0.1) is 0 Å². The second kappa shape index (κ2) is 12.1. The number of pyridine rings is 1. The van der Waals surface area contributed by atoms with Crippen LogP contribution in [0.1, 0.15) is 49.7 Å². The maximum absolute atomic E-state index is 15.3. The molecule has 1 saturated heterocycles. The minimum Gasteiger partial charge on any atom is -0.365 e. The third-order valence-electron chi connectivity index (χ3n) is 8.45. The van der Waals surface area contributed by atoms with Crippen molar-refractivity contribution in [1.29, 1.82) is 5.26 Å². The first-order valence-corrected chi connectivity index (χ1v) is 16.2. The SMILES string of the molecule is Cc1ccc(S(=O)(=O)n2cc(-c3nc(N[C@@H]4CCC[C@@H](NC(=O)N5CCCC5)C4)c(F)cc3C#N)c3cc(F)cc(F)c32)cc1. The van der Waals surface area contributed by atoms with Gasteiger partial charge in [-0.3, -0.25) is 0 Å². The van der Waals surface area contributed by atoms with Crippen molar-refractivity contribution >= 4 is 32.8 Å². The quantitative estimate of drug-likeness (QED) is 0.265. The summed E-state index contributed by atoms with van der Waals surface area (Å²) in [7, 11) is -4.37. The Morgan fingerprint density at radius 3 is 2.42 bits per heavy atom. The molecule has 0 unspecified atom stereocenters. The highest BCUT2D eigenvalue weighted by Gasteiger charge is 2.29. The van der Waals surface area contributed by atoms with E-state index in [0.717, 1.165) is 62.7 Å². The van der Waals surface area contributed by atoms with Crippen LogP contribution < -0.4 is 10.6 Å². The summed E-state index contributed by atoms with van der Waals surface area (Å²) in [5.41, 5.74) is -0.0518. The molecule has 45 heavy (non-hydrogen) atoms. The van der Waals surface area contributed by atoms with Gasteiger partial charge < -0.3 is 15.5 Å². The molecular formula is C32H31F3N6O3S. The Hall–Kier alpha value is -4.57. The summed E-state index contributed by atoms with van der Waals surface area (Å²) in [6, 6.07) is 9.82. The number of carbonyl (C=O) groups excluding carboxylic acids is 1. The van der Waals surface area contributed by atoms with E-state index in [-0.39, 0.29) is 51.0 Å². The molecule has 6 rings (SSSR count). The highest BCUT2D eigenvalue weighted by atomic mass is 32.2. The van der Waals surface area contributed by atoms with Gasteiger partial charge in [-0.05, 0) is 69.7 Å². The monoisotopic (exact) mass is 636 g/mol. The van der Waals surface area contributed by atoms with Crippen molar-refractivity contribution in [2.75, 3.05) is 18.4 Å². The fourth-order valence-corrected chi connectivity index (χ4v) is 7.54. The highest BCUT2D eigenvalue weighted by Crippen LogP contribution is 2.37. The number of likely N-dealkylation sites (tertiary alicyclic amines) is 1. The number of benzene rings is 2. The molecule has 2 aliphatic rings. The Morgan fingerprint density at radius 2 is 1.71 bits per heavy atom. The lowest BCUT2D eigenvalue weighted by molar-refractivity contribution is 0.199. The van der Waals surface area contributed by atoms with Gasteiger partial charge in [0.15, 0.2) is 17.5 Å². The van der Waals surface area contributed by atoms with E-state index in [1.54, 1.807) is 24.0 Å². The number of nitriles is 1. The van der Waals surface area contributed by atoms with Gasteiger partial charge in [0.1, 0.15) is 17.4 Å². The molecule has 13 heteroatoms. The Morgan fingerprint density at radius 1 is 1.00 bits per heavy atom. The average molecular weight is 637 g/mol. The topological polar surface area (TPSA) is 120 Å². The van der Waals surface area contributed by atoms with Crippen molar-refractivity contribution < 1.29 is 26.4 Å². The second-order valence-electron chi connectivity index (χ2n) is 11.6. The number of urea groups is 1. The number of halogens is 3. The van der Waals surface area contributed by atoms with Crippen molar-refractivity contribution in [1.82, 2.24) is 19.2 Å². The Bertz CT molecular complexity index is 1930. The minimum absolute atomic E-state index is 0.0573. The molecule has 2 fully saturated rings. The van der Waals surface area contributed by atoms with Crippen LogP contribution in [0.15, 0.2) is 53.6 Å². The predicted octanol–water partition coefficient (Wildman–Crippen LogP) is 6.07. The lowest BCUT2D eigenvalue weighted by Gasteiger charge is -2.32. The van der Waals surface area contributed by atoms with Crippen LogP contribution in [0.5, 0.6) is 0 Å². The molecule has 4 aromatic rings. The van der Waals surface area contributed by atoms with Crippen LogP contribution in [0, 0.1) is 35.7 Å². The van der Waals surface area contributed by atoms with Crippen molar-refractivity contribution in [3.63, 3.8) is 0 Å². The zero-order valence-electron chi connectivity index (χ0n) is 24.5. The molecule has 2 N–H and O–H groups in total. The van der Waals surface area contributed by atoms with E-state index in [0.29, 0.717) is 22.9 Å². The third-order valence-corrected chi connectivity index (χ3v) is 10.1. The molecular weight excluding hydrogens is 605 g/mol. The number of fused-ring (bicyclic) bond motifs is 1. The smallest absolute Gasteiger partial charge is 0.317 e. The van der Waals surface area contributed by atoms with Gasteiger partial charge in [0.2, 0.25) is 0 Å². The number of hydrogen-bond donors (Lipinski definition) is 2. The molecule has 0 bridgehead atoms. The van der Waals surface area contributed by atoms with Gasteiger partial charge in [-0.2, -0.15) is 5.26 Å². The van der Waals surface area contributed by atoms with Gasteiger partial charge >= 0.3 is 6.03 Å². The number of carbonyl (C=O) groups is 1. The number of amides is 2. The molecule has 1 aliphatic heterocycles. The zero-order valence-corrected chi connectivity index (χ0v) is 25.3. The van der Waals surface area contributed by atoms with E-state index in [9.17, 15) is 22.9 Å². The van der Waals surface area contributed by atoms with E-state index in [2.05, 4.69) is 15.6 Å². The Balaban J connectivity index is 1.37. The fourth-order valence-electron chi connectivity index (χ4n) is 6.16. The predicted molar refractivity (Wildman–Crippen MR) is 163 cm³/mol. The summed E-state index contributed by atoms with van der Waals surface area (Å²) in [6.45, 7) is 3.23. The molecule has 234 valence electrons. The van der Waals surface area contributed by atoms with Crippen LogP contribution in [0.3, 0.4) is 0 Å². The van der Waals surface area contributed by atoms with Gasteiger partial charge in [0.05, 0.1) is 16.2 Å². The lowest BCUT2D eigenvalue weighted by Crippen LogP contribution is -2.47. The Kier molecular flexibility index (Phi) is 8.18. The maximum atomic E-state index is 15.3. The number of hydrogen-bond acceptors (Lipinski definition) is 6. The number of aromatic nitrogens is 2. The molecule has 3 heterocycles. The van der Waals surface area contributed by atoms with E-state index >= 15 is 8.78 Å². The molecule has 0 radical (unpaired) electrons. The van der Waals surface area contributed by atoms with E-state index < -0.39 is 33.0 Å². The van der Waals surface area contributed by atoms with Crippen LogP contribution in [0.2, 0.25) is 0 Å². The van der Waals surface area contributed by atoms with Crippen LogP contribution in [0.25, 0.3) is 22.2 Å². The first kappa shape index (κ1) is 30.5. The molecule has 1 aliphatic carbocycles. The van der Waals surface area contributed by atoms with Gasteiger partial charge in [0.25, 0.3) is 10.0 Å². The van der Waals surface area contributed by atoms with Crippen molar-refractivity contribution in [2.24, 2.45) is 0 Å². The maximum Gasteiger partial charge on any atom is 0.317 e. The molecule has 2 aromatic carbocycles. The van der Waals surface area contributed by atoms with Gasteiger partial charge in [-0.1, -0.05) is 17.7 Å². The van der Waals surface area contributed by atoms with Gasteiger partial charge in [0, 0.05) is 48.4 Å². The van der Waals surface area contributed by atoms with E-state index in [4.69, 9.17) is 0 Å². The fraction of sp³-hybridized carbons (Fsp3) is 0.344. The summed E-state index contributed by atoms with van der Waals surface area (Å²) in [5, 5.41) is 15.9. The molecule has 9 nitrogen and oxygen atoms in total. The summed E-state index contributed by atoms with van der Waals surface area (Å²) < 4.78 is 73.2. The van der Waals surface area contributed by atoms with Crippen LogP contribution in [-0.2, 0) is 10.0 Å². The van der Waals surface area contributed by atoms with E-state index in [1.807, 2.05) is 6.07 Å². The number of nitrogens with zero attached hydrogens (tertiary/aromatic N) is 4. The molecule has 1 saturated carbocycles. The normalized spacial score (nSPS) is 18.6. The standard InChI is InChI=1S/C32H31F3N6O3S/c1-19-7-9-24(10-8-19)45(43,44)41-18-26(25-14-21(33)15-27(34)30(25)41)29-20(17-36)13-28(35)31(39-29)37-22-5-4-6-23(16-22)38-32(42)40-11-2-3-12-40/h7-10,13-15,18,22-23H,2-6,11-12,16H2,1H3,(H,37,39)(H,38,42)/t22-,23-/m1/s1. The second-order valence-corrected chi connectivity index (χ2v) is 13.4. The number of nitrogens with one attached hydrogen (secondary N) is 2. The molecule has 0 spiro atoms. The molecule has 2 atom stereocenters. The zero-order chi connectivity index (χ0) is 31.9. The molecule has 2 aromatic heterocycles. The van der Waals surface area contributed by atoms with Crippen LogP contribution >= 0.6 is 0 Å². The third kappa shape index (κ3) is 5.94. The van der Waals surface area contributed by atoms with Crippen molar-refractivity contribution in [3.05, 3.63) is 77.2 Å². The van der Waals surface area contributed by atoms with Crippen molar-refractivity contribution in [3.8, 4) is 17.3 Å². The number of aryl methyl sites for hydroxylation is 1. The minimum atomic E-state index is -4.37. The van der Waals surface area contributed by atoms with Crippen molar-refractivity contribution in [2.45, 2.75) is 62.4 Å².